The van der Waals surface area contributed by atoms with Crippen LogP contribution in [-0.4, -0.2) is 55.7 Å². The maximum absolute atomic E-state index is 11.0. The molecule has 8 nitrogen and oxygen atoms in total. The van der Waals surface area contributed by atoms with Gasteiger partial charge in [-0.25, -0.2) is 13.1 Å². The van der Waals surface area contributed by atoms with Gasteiger partial charge in [-0.05, 0) is 55.4 Å². The van der Waals surface area contributed by atoms with E-state index in [-0.39, 0.29) is 47.0 Å². The number of hydrogen-bond donors (Lipinski definition) is 4. The summed E-state index contributed by atoms with van der Waals surface area (Å²) < 4.78 is 24.6. The quantitative estimate of drug-likeness (QED) is 0.356. The average molecular weight is 525 g/mol. The van der Waals surface area contributed by atoms with Crippen molar-refractivity contribution in [3.8, 4) is 0 Å². The lowest BCUT2D eigenvalue weighted by Gasteiger charge is -2.11. The highest BCUT2D eigenvalue weighted by Crippen LogP contribution is 1.97. The van der Waals surface area contributed by atoms with Crippen LogP contribution in [0.3, 0.4) is 0 Å². The second-order valence-corrected chi connectivity index (χ2v) is 13.2. The Bertz CT molecular complexity index is 595. The van der Waals surface area contributed by atoms with Gasteiger partial charge in [0, 0.05) is 42.0 Å². The minimum Gasteiger partial charge on any atom is -0.354 e. The number of carbonyl (C=O) groups excluding carboxylic acids is 2. The fraction of sp³-hybridized carbons (Fsp3) is 0.923. The highest BCUT2D eigenvalue weighted by molar-refractivity contribution is 7.90. The van der Waals surface area contributed by atoms with E-state index in [2.05, 4.69) is 48.4 Å². The summed E-state index contributed by atoms with van der Waals surface area (Å²) in [6.45, 7) is 30.9. The van der Waals surface area contributed by atoms with Crippen molar-refractivity contribution in [1.29, 1.82) is 0 Å². The number of sulfonamides is 1. The van der Waals surface area contributed by atoms with Gasteiger partial charge in [-0.15, -0.1) is 0 Å². The Morgan fingerprint density at radius 1 is 0.486 bits per heavy atom. The van der Waals surface area contributed by atoms with Gasteiger partial charge in [0.25, 0.3) is 0 Å². The van der Waals surface area contributed by atoms with Crippen molar-refractivity contribution in [2.75, 3.05) is 0 Å². The topological polar surface area (TPSA) is 116 Å². The van der Waals surface area contributed by atoms with E-state index in [4.69, 9.17) is 0 Å². The van der Waals surface area contributed by atoms with Gasteiger partial charge in [0.2, 0.25) is 21.8 Å². The molecule has 0 unspecified atom stereocenters. The van der Waals surface area contributed by atoms with Gasteiger partial charge < -0.3 is 16.0 Å². The Hall–Kier alpha value is -1.19. The van der Waals surface area contributed by atoms with Crippen LogP contribution in [0.1, 0.15) is 111 Å². The van der Waals surface area contributed by atoms with Gasteiger partial charge in [-0.2, -0.15) is 0 Å². The van der Waals surface area contributed by atoms with Crippen LogP contribution in [0, 0.1) is 11.8 Å². The predicted octanol–water partition coefficient (Wildman–Crippen LogP) is 4.45. The summed E-state index contributed by atoms with van der Waals surface area (Å²) in [4.78, 5) is 21.7. The molecule has 0 atom stereocenters. The lowest BCUT2D eigenvalue weighted by atomic mass is 10.2. The van der Waals surface area contributed by atoms with Crippen LogP contribution in [0.25, 0.3) is 0 Å². The molecule has 214 valence electrons. The molecule has 0 bridgehead atoms. The van der Waals surface area contributed by atoms with Gasteiger partial charge in [-0.3, -0.25) is 9.59 Å². The third-order valence-corrected chi connectivity index (χ3v) is 5.64. The molecule has 0 fully saturated rings. The number of carbonyl (C=O) groups is 2. The second-order valence-electron chi connectivity index (χ2n) is 11.0. The predicted molar refractivity (Wildman–Crippen MR) is 152 cm³/mol. The number of hydrogen-bond acceptors (Lipinski definition) is 5. The summed E-state index contributed by atoms with van der Waals surface area (Å²) in [5.74, 6) is 0.467. The summed E-state index contributed by atoms with van der Waals surface area (Å²) in [5, 5.41) is 8.57. The Balaban J connectivity index is -0.000000184. The van der Waals surface area contributed by atoms with Gasteiger partial charge in [0.15, 0.2) is 0 Å². The van der Waals surface area contributed by atoms with E-state index in [1.54, 1.807) is 27.7 Å². The van der Waals surface area contributed by atoms with E-state index >= 15 is 0 Å². The first-order valence-electron chi connectivity index (χ1n) is 12.9. The molecule has 0 heterocycles. The number of amides is 2. The highest BCUT2D eigenvalue weighted by atomic mass is 32.2. The third kappa shape index (κ3) is 35.0. The molecule has 35 heavy (non-hydrogen) atoms. The molecule has 0 aromatic rings. The zero-order chi connectivity index (χ0) is 29.1. The monoisotopic (exact) mass is 524 g/mol. The average Bonchev–Trinajstić information content (AvgIpc) is 2.59. The van der Waals surface area contributed by atoms with E-state index in [1.807, 2.05) is 55.4 Å². The molecule has 0 aromatic carbocycles. The number of nitrogens with one attached hydrogen (secondary N) is 4. The van der Waals surface area contributed by atoms with Crippen molar-refractivity contribution in [3.05, 3.63) is 0 Å². The molecular formula is C26H60N4O4S. The zero-order valence-corrected chi connectivity index (χ0v) is 26.5. The summed E-state index contributed by atoms with van der Waals surface area (Å²) in [7, 11) is -3.05. The van der Waals surface area contributed by atoms with Crippen molar-refractivity contribution in [3.63, 3.8) is 0 Å². The largest absolute Gasteiger partial charge is 0.354 e. The highest BCUT2D eigenvalue weighted by Gasteiger charge is 2.15. The molecule has 0 saturated carbocycles. The fourth-order valence-electron chi connectivity index (χ4n) is 2.03. The van der Waals surface area contributed by atoms with Crippen molar-refractivity contribution in [2.24, 2.45) is 11.8 Å². The third-order valence-electron chi connectivity index (χ3n) is 3.60. The Kier molecular flexibility index (Phi) is 25.8. The first-order chi connectivity index (χ1) is 15.6. The van der Waals surface area contributed by atoms with Gasteiger partial charge in [-0.1, -0.05) is 55.4 Å². The first-order valence-corrected chi connectivity index (χ1v) is 14.5. The Labute approximate surface area is 218 Å². The number of rotatable bonds is 9. The molecule has 0 rings (SSSR count). The SMILES string of the molecule is CC(C)NC(=O)C(C)C.CC(C)NC(=O)C(C)C.CC(C)NC(C)C.CC(C)NS(=O)(=O)C(C)C. The Morgan fingerprint density at radius 3 is 0.829 bits per heavy atom. The van der Waals surface area contributed by atoms with E-state index in [9.17, 15) is 18.0 Å². The van der Waals surface area contributed by atoms with Gasteiger partial charge >= 0.3 is 0 Å². The second kappa shape index (κ2) is 22.0. The summed E-state index contributed by atoms with van der Waals surface area (Å²) >= 11 is 0. The molecule has 0 spiro atoms. The lowest BCUT2D eigenvalue weighted by molar-refractivity contribution is -0.125. The van der Waals surface area contributed by atoms with Crippen LogP contribution >= 0.6 is 0 Å². The molecule has 0 aromatic heterocycles. The van der Waals surface area contributed by atoms with Crippen molar-refractivity contribution >= 4 is 21.8 Å². The van der Waals surface area contributed by atoms with E-state index in [0.717, 1.165) is 0 Å². The fourth-order valence-corrected chi connectivity index (χ4v) is 2.96. The molecule has 0 aliphatic rings. The van der Waals surface area contributed by atoms with Crippen LogP contribution in [-0.2, 0) is 19.6 Å². The Morgan fingerprint density at radius 2 is 0.771 bits per heavy atom. The molecule has 0 aliphatic heterocycles. The van der Waals surface area contributed by atoms with Crippen molar-refractivity contribution < 1.29 is 18.0 Å². The zero-order valence-electron chi connectivity index (χ0n) is 25.7. The van der Waals surface area contributed by atoms with E-state index in [0.29, 0.717) is 12.1 Å². The summed E-state index contributed by atoms with van der Waals surface area (Å²) in [5.41, 5.74) is 0. The summed E-state index contributed by atoms with van der Waals surface area (Å²) in [6.07, 6.45) is 0. The molecule has 0 saturated heterocycles. The van der Waals surface area contributed by atoms with Crippen LogP contribution < -0.4 is 20.7 Å². The molecular weight excluding hydrogens is 464 g/mol. The van der Waals surface area contributed by atoms with Crippen LogP contribution in [0.5, 0.6) is 0 Å². The summed E-state index contributed by atoms with van der Waals surface area (Å²) in [6, 6.07) is 1.77. The molecule has 2 amide bonds. The normalized spacial score (nSPS) is 11.3. The minimum atomic E-state index is -3.05. The maximum Gasteiger partial charge on any atom is 0.222 e. The van der Waals surface area contributed by atoms with E-state index < -0.39 is 10.0 Å². The minimum absolute atomic E-state index is 0.00704. The standard InChI is InChI=1S/2C7H15NO.C6H15NO2S.C6H15N/c2*1-5(2)7(9)8-6(3)4;1-5(2)7-10(8,9)6(3)4;1-5(2)7-6(3)4/h2*5-6H,1-4H3,(H,8,9);5-7H,1-4H3;5-7H,1-4H3. The van der Waals surface area contributed by atoms with Crippen LogP contribution in [0.15, 0.2) is 0 Å². The van der Waals surface area contributed by atoms with Crippen molar-refractivity contribution in [2.45, 2.75) is 146 Å². The molecule has 0 aliphatic carbocycles. The maximum atomic E-state index is 11.0. The van der Waals surface area contributed by atoms with Gasteiger partial charge in [0.1, 0.15) is 0 Å². The van der Waals surface area contributed by atoms with Crippen LogP contribution in [0.2, 0.25) is 0 Å². The smallest absolute Gasteiger partial charge is 0.222 e. The van der Waals surface area contributed by atoms with Crippen molar-refractivity contribution in [1.82, 2.24) is 20.7 Å². The van der Waals surface area contributed by atoms with Gasteiger partial charge in [0.05, 0.1) is 5.25 Å². The van der Waals surface area contributed by atoms with Crippen LogP contribution in [0.4, 0.5) is 0 Å². The lowest BCUT2D eigenvalue weighted by Crippen LogP contribution is -2.35. The molecule has 0 radical (unpaired) electrons. The first kappa shape index (κ1) is 41.0. The molecule has 9 heteroatoms. The molecule has 4 N–H and O–H groups in total. The van der Waals surface area contributed by atoms with E-state index in [1.165, 1.54) is 0 Å².